The summed E-state index contributed by atoms with van der Waals surface area (Å²) in [5.74, 6) is -1.17. The van der Waals surface area contributed by atoms with Gasteiger partial charge in [0.2, 0.25) is 5.91 Å². The van der Waals surface area contributed by atoms with Gasteiger partial charge in [0.15, 0.2) is 12.1 Å². The summed E-state index contributed by atoms with van der Waals surface area (Å²) in [4.78, 5) is 39.6. The van der Waals surface area contributed by atoms with E-state index in [9.17, 15) is 14.4 Å². The van der Waals surface area contributed by atoms with Crippen molar-refractivity contribution in [2.24, 2.45) is 10.3 Å². The molecule has 4 rings (SSSR count). The lowest BCUT2D eigenvalue weighted by atomic mass is 10.1. The van der Waals surface area contributed by atoms with Crippen molar-refractivity contribution in [3.05, 3.63) is 58.7 Å². The number of hydrogen-bond acceptors (Lipinski definition) is 6. The summed E-state index contributed by atoms with van der Waals surface area (Å²) in [7, 11) is 0. The van der Waals surface area contributed by atoms with Crippen LogP contribution in [0.5, 0.6) is 0 Å². The molecule has 30 heavy (non-hydrogen) atoms. The fourth-order valence-corrected chi connectivity index (χ4v) is 3.76. The SMILES string of the molecule is Cc1ccc(NC(=O)CN2N=N[C@H]3C(=O)N(c4ccc(C)c(C)c4)C(=O)[C@H]32)c(C)c1. The normalized spacial score (nSPS) is 20.1. The number of aryl methyl sites for hydroxylation is 4. The van der Waals surface area contributed by atoms with E-state index in [4.69, 9.17) is 0 Å². The molecule has 2 aromatic rings. The Hall–Kier alpha value is -3.55. The van der Waals surface area contributed by atoms with E-state index in [1.807, 2.05) is 52.0 Å². The molecule has 3 amide bonds. The molecule has 154 valence electrons. The van der Waals surface area contributed by atoms with Gasteiger partial charge in [-0.15, -0.1) is 0 Å². The van der Waals surface area contributed by atoms with E-state index in [-0.39, 0.29) is 12.5 Å². The van der Waals surface area contributed by atoms with E-state index in [2.05, 4.69) is 15.7 Å². The van der Waals surface area contributed by atoms with Crippen molar-refractivity contribution in [2.75, 3.05) is 16.8 Å². The van der Waals surface area contributed by atoms with Crippen molar-refractivity contribution < 1.29 is 14.4 Å². The molecule has 0 unspecified atom stereocenters. The predicted octanol–water partition coefficient (Wildman–Crippen LogP) is 2.85. The number of nitrogens with one attached hydrogen (secondary N) is 1. The molecule has 8 heteroatoms. The van der Waals surface area contributed by atoms with E-state index in [0.29, 0.717) is 11.4 Å². The van der Waals surface area contributed by atoms with Crippen LogP contribution < -0.4 is 10.2 Å². The molecular weight excluding hydrogens is 382 g/mol. The topological polar surface area (TPSA) is 94.4 Å². The van der Waals surface area contributed by atoms with Crippen LogP contribution in [0.3, 0.4) is 0 Å². The van der Waals surface area contributed by atoms with E-state index in [1.165, 1.54) is 5.01 Å². The van der Waals surface area contributed by atoms with Crippen LogP contribution in [0.25, 0.3) is 0 Å². The van der Waals surface area contributed by atoms with Crippen molar-refractivity contribution in [3.8, 4) is 0 Å². The first-order valence-electron chi connectivity index (χ1n) is 9.76. The third kappa shape index (κ3) is 3.34. The van der Waals surface area contributed by atoms with Gasteiger partial charge in [-0.1, -0.05) is 29.0 Å². The summed E-state index contributed by atoms with van der Waals surface area (Å²) in [5, 5.41) is 12.0. The fraction of sp³-hybridized carbons (Fsp3) is 0.318. The molecule has 2 atom stereocenters. The van der Waals surface area contributed by atoms with Crippen molar-refractivity contribution in [1.29, 1.82) is 0 Å². The number of benzene rings is 2. The van der Waals surface area contributed by atoms with E-state index >= 15 is 0 Å². The molecule has 1 N–H and O–H groups in total. The minimum absolute atomic E-state index is 0.169. The van der Waals surface area contributed by atoms with E-state index < -0.39 is 23.9 Å². The van der Waals surface area contributed by atoms with Crippen molar-refractivity contribution >= 4 is 29.1 Å². The summed E-state index contributed by atoms with van der Waals surface area (Å²) in [6, 6.07) is 9.32. The number of amides is 3. The second kappa shape index (κ2) is 7.37. The quantitative estimate of drug-likeness (QED) is 0.792. The number of imide groups is 1. The van der Waals surface area contributed by atoms with Gasteiger partial charge in [-0.3, -0.25) is 19.4 Å². The first-order chi connectivity index (χ1) is 14.3. The second-order valence-corrected chi connectivity index (χ2v) is 7.84. The molecule has 1 fully saturated rings. The molecule has 0 aliphatic carbocycles. The van der Waals surface area contributed by atoms with Crippen LogP contribution in [0.1, 0.15) is 22.3 Å². The van der Waals surface area contributed by atoms with Crippen molar-refractivity contribution in [3.63, 3.8) is 0 Å². The van der Waals surface area contributed by atoms with Crippen LogP contribution in [0.4, 0.5) is 11.4 Å². The second-order valence-electron chi connectivity index (χ2n) is 7.84. The molecule has 2 aliphatic rings. The molecule has 1 saturated heterocycles. The van der Waals surface area contributed by atoms with Crippen LogP contribution in [0.15, 0.2) is 46.7 Å². The van der Waals surface area contributed by atoms with Gasteiger partial charge in [0.25, 0.3) is 11.8 Å². The Morgan fingerprint density at radius 1 is 0.967 bits per heavy atom. The standard InChI is InChI=1S/C22H23N5O3/c1-12-5-8-17(15(4)9-12)23-18(28)11-26-20-19(24-25-26)21(29)27(22(20)30)16-7-6-13(2)14(3)10-16/h5-10,19-20H,11H2,1-4H3,(H,23,28)/t19-,20+/m1/s1. The summed E-state index contributed by atoms with van der Waals surface area (Å²) in [5.41, 5.74) is 5.31. The molecule has 0 radical (unpaired) electrons. The minimum atomic E-state index is -0.923. The molecule has 8 nitrogen and oxygen atoms in total. The zero-order valence-corrected chi connectivity index (χ0v) is 17.3. The van der Waals surface area contributed by atoms with E-state index in [1.54, 1.807) is 12.1 Å². The van der Waals surface area contributed by atoms with Gasteiger partial charge in [0.05, 0.1) is 5.69 Å². The highest BCUT2D eigenvalue weighted by molar-refractivity contribution is 6.25. The lowest BCUT2D eigenvalue weighted by Crippen LogP contribution is -2.43. The molecular formula is C22H23N5O3. The van der Waals surface area contributed by atoms with Crippen LogP contribution >= 0.6 is 0 Å². The van der Waals surface area contributed by atoms with Gasteiger partial charge < -0.3 is 5.32 Å². The first-order valence-corrected chi connectivity index (χ1v) is 9.76. The number of fused-ring (bicyclic) bond motifs is 1. The largest absolute Gasteiger partial charge is 0.324 e. The maximum absolute atomic E-state index is 13.0. The average molecular weight is 405 g/mol. The van der Waals surface area contributed by atoms with Gasteiger partial charge in [-0.05, 0) is 62.6 Å². The molecule has 2 heterocycles. The van der Waals surface area contributed by atoms with Gasteiger partial charge >= 0.3 is 0 Å². The highest BCUT2D eigenvalue weighted by atomic mass is 16.2. The van der Waals surface area contributed by atoms with Crippen LogP contribution in [0, 0.1) is 27.7 Å². The summed E-state index contributed by atoms with van der Waals surface area (Å²) < 4.78 is 0. The average Bonchev–Trinajstić information content (AvgIpc) is 3.20. The zero-order chi connectivity index (χ0) is 21.6. The molecule has 2 aromatic carbocycles. The molecule has 0 bridgehead atoms. The van der Waals surface area contributed by atoms with Gasteiger partial charge in [-0.25, -0.2) is 4.90 Å². The molecule has 0 spiro atoms. The predicted molar refractivity (Wildman–Crippen MR) is 112 cm³/mol. The van der Waals surface area contributed by atoms with Crippen LogP contribution in [-0.4, -0.2) is 41.4 Å². The number of hydrogen-bond donors (Lipinski definition) is 1. The van der Waals surface area contributed by atoms with E-state index in [0.717, 1.165) is 27.2 Å². The monoisotopic (exact) mass is 405 g/mol. The highest BCUT2D eigenvalue weighted by Gasteiger charge is 2.55. The Balaban J connectivity index is 1.50. The number of carbonyl (C=O) groups is 3. The third-order valence-corrected chi connectivity index (χ3v) is 5.57. The minimum Gasteiger partial charge on any atom is -0.324 e. The highest BCUT2D eigenvalue weighted by Crippen LogP contribution is 2.32. The Labute approximate surface area is 174 Å². The van der Waals surface area contributed by atoms with Crippen molar-refractivity contribution in [2.45, 2.75) is 39.8 Å². The first kappa shape index (κ1) is 19.8. The van der Waals surface area contributed by atoms with Gasteiger partial charge in [-0.2, -0.15) is 5.11 Å². The summed E-state index contributed by atoms with van der Waals surface area (Å²) in [6.45, 7) is 7.61. The summed E-state index contributed by atoms with van der Waals surface area (Å²) in [6.07, 6.45) is 0. The summed E-state index contributed by atoms with van der Waals surface area (Å²) >= 11 is 0. The maximum Gasteiger partial charge on any atom is 0.263 e. The smallest absolute Gasteiger partial charge is 0.263 e. The number of anilines is 2. The lowest BCUT2D eigenvalue weighted by Gasteiger charge is -2.21. The fourth-order valence-electron chi connectivity index (χ4n) is 3.76. The lowest BCUT2D eigenvalue weighted by molar-refractivity contribution is -0.123. The number of nitrogens with zero attached hydrogens (tertiary/aromatic N) is 4. The number of rotatable bonds is 4. The Morgan fingerprint density at radius 2 is 1.73 bits per heavy atom. The molecule has 2 aliphatic heterocycles. The van der Waals surface area contributed by atoms with Gasteiger partial charge in [0.1, 0.15) is 6.54 Å². The molecule has 0 saturated carbocycles. The zero-order valence-electron chi connectivity index (χ0n) is 17.3. The Kier molecular flexibility index (Phi) is 4.85. The Morgan fingerprint density at radius 3 is 2.43 bits per heavy atom. The van der Waals surface area contributed by atoms with Crippen LogP contribution in [-0.2, 0) is 14.4 Å². The third-order valence-electron chi connectivity index (χ3n) is 5.57. The Bertz CT molecular complexity index is 1090. The molecule has 0 aromatic heterocycles. The number of carbonyl (C=O) groups excluding carboxylic acids is 3. The van der Waals surface area contributed by atoms with Crippen molar-refractivity contribution in [1.82, 2.24) is 5.01 Å². The van der Waals surface area contributed by atoms with Gasteiger partial charge in [0, 0.05) is 5.69 Å². The van der Waals surface area contributed by atoms with Crippen LogP contribution in [0.2, 0.25) is 0 Å². The maximum atomic E-state index is 13.0.